The first-order valence-electron chi connectivity index (χ1n) is 10.7. The molecule has 0 radical (unpaired) electrons. The fraction of sp³-hybridized carbons (Fsp3) is 0.231. The average molecular weight is 433 g/mol. The topological polar surface area (TPSA) is 83.0 Å². The molecule has 0 aromatic heterocycles. The van der Waals surface area contributed by atoms with E-state index in [2.05, 4.69) is 10.9 Å². The van der Waals surface area contributed by atoms with Gasteiger partial charge in [0.15, 0.2) is 0 Å². The highest BCUT2D eigenvalue weighted by Crippen LogP contribution is 2.21. The number of ether oxygens (including phenoxy) is 2. The predicted molar refractivity (Wildman–Crippen MR) is 127 cm³/mol. The van der Waals surface area contributed by atoms with Crippen LogP contribution in [0.3, 0.4) is 0 Å². The first-order chi connectivity index (χ1) is 15.7. The number of fused-ring (bicyclic) bond motifs is 2. The summed E-state index contributed by atoms with van der Waals surface area (Å²) in [4.78, 5) is 0. The SMILES string of the molecule is OC(CNNCC(O)COc1ccc2ccccc2c1)COc1ccc2ccccc2c1. The first-order valence-corrected chi connectivity index (χ1v) is 10.7. The molecule has 0 aliphatic carbocycles. The third-order valence-corrected chi connectivity index (χ3v) is 5.13. The third-order valence-electron chi connectivity index (χ3n) is 5.13. The largest absolute Gasteiger partial charge is 0.491 e. The molecule has 6 heteroatoms. The van der Waals surface area contributed by atoms with Crippen molar-refractivity contribution in [3.63, 3.8) is 0 Å². The quantitative estimate of drug-likeness (QED) is 0.215. The molecule has 0 aliphatic heterocycles. The van der Waals surface area contributed by atoms with Crippen LogP contribution in [0.1, 0.15) is 0 Å². The van der Waals surface area contributed by atoms with Crippen LogP contribution in [0.5, 0.6) is 11.5 Å². The molecule has 4 N–H and O–H groups in total. The van der Waals surface area contributed by atoms with Gasteiger partial charge in [-0.15, -0.1) is 0 Å². The number of nitrogens with one attached hydrogen (secondary N) is 2. The van der Waals surface area contributed by atoms with Gasteiger partial charge in [0.2, 0.25) is 0 Å². The van der Waals surface area contributed by atoms with Gasteiger partial charge in [0.1, 0.15) is 36.9 Å². The molecule has 2 atom stereocenters. The number of hydrogen-bond donors (Lipinski definition) is 4. The molecule has 4 aromatic carbocycles. The minimum absolute atomic E-state index is 0.167. The fourth-order valence-corrected chi connectivity index (χ4v) is 3.40. The zero-order valence-electron chi connectivity index (χ0n) is 17.8. The third kappa shape index (κ3) is 6.18. The molecule has 166 valence electrons. The number of benzene rings is 4. The van der Waals surface area contributed by atoms with Crippen molar-refractivity contribution in [2.75, 3.05) is 26.3 Å². The van der Waals surface area contributed by atoms with E-state index in [1.165, 1.54) is 0 Å². The summed E-state index contributed by atoms with van der Waals surface area (Å²) >= 11 is 0. The van der Waals surface area contributed by atoms with E-state index in [0.29, 0.717) is 0 Å². The van der Waals surface area contributed by atoms with E-state index in [9.17, 15) is 10.2 Å². The molecule has 4 rings (SSSR count). The van der Waals surface area contributed by atoms with Crippen molar-refractivity contribution in [3.8, 4) is 11.5 Å². The van der Waals surface area contributed by atoms with E-state index in [0.717, 1.165) is 33.0 Å². The molecule has 0 fully saturated rings. The summed E-state index contributed by atoms with van der Waals surface area (Å²) in [5, 5.41) is 24.7. The van der Waals surface area contributed by atoms with Crippen LogP contribution in [0.25, 0.3) is 21.5 Å². The molecule has 4 aromatic rings. The van der Waals surface area contributed by atoms with Crippen molar-refractivity contribution in [2.24, 2.45) is 0 Å². The van der Waals surface area contributed by atoms with Gasteiger partial charge in [0.25, 0.3) is 0 Å². The molecular weight excluding hydrogens is 404 g/mol. The molecule has 0 amide bonds. The molecule has 0 heterocycles. The maximum Gasteiger partial charge on any atom is 0.120 e. The minimum Gasteiger partial charge on any atom is -0.491 e. The lowest BCUT2D eigenvalue weighted by Crippen LogP contribution is -2.44. The van der Waals surface area contributed by atoms with E-state index in [1.807, 2.05) is 84.9 Å². The Morgan fingerprint density at radius 2 is 0.969 bits per heavy atom. The number of aliphatic hydroxyl groups is 2. The zero-order chi connectivity index (χ0) is 22.2. The Balaban J connectivity index is 1.12. The predicted octanol–water partition coefficient (Wildman–Crippen LogP) is 3.27. The Bertz CT molecular complexity index is 1060. The molecule has 6 nitrogen and oxygen atoms in total. The molecule has 0 aliphatic rings. The van der Waals surface area contributed by atoms with Crippen molar-refractivity contribution in [1.82, 2.24) is 10.9 Å². The van der Waals surface area contributed by atoms with E-state index in [4.69, 9.17) is 9.47 Å². The van der Waals surface area contributed by atoms with E-state index < -0.39 is 12.2 Å². The van der Waals surface area contributed by atoms with Crippen LogP contribution in [0.4, 0.5) is 0 Å². The van der Waals surface area contributed by atoms with Gasteiger partial charge in [0.05, 0.1) is 0 Å². The minimum atomic E-state index is -0.694. The Morgan fingerprint density at radius 1 is 0.562 bits per heavy atom. The number of aliphatic hydroxyl groups excluding tert-OH is 2. The standard InChI is InChI=1S/C26H28N2O4/c29-23(17-31-25-11-9-19-5-1-3-7-21(19)13-25)15-27-28-16-24(30)18-32-26-12-10-20-6-2-4-8-22(20)14-26/h1-14,23-24,27-30H,15-18H2. The summed E-state index contributed by atoms with van der Waals surface area (Å²) in [5.41, 5.74) is 5.82. The number of rotatable bonds is 11. The van der Waals surface area contributed by atoms with Crippen molar-refractivity contribution in [1.29, 1.82) is 0 Å². The summed E-state index contributed by atoms with van der Waals surface area (Å²) in [5.74, 6) is 1.44. The Labute approximate surface area is 187 Å². The summed E-state index contributed by atoms with van der Waals surface area (Å²) in [6.07, 6.45) is -1.39. The lowest BCUT2D eigenvalue weighted by Gasteiger charge is -2.16. The van der Waals surface area contributed by atoms with Crippen LogP contribution in [0, 0.1) is 0 Å². The Hall–Kier alpha value is -3.16. The van der Waals surface area contributed by atoms with E-state index in [1.54, 1.807) is 0 Å². The number of hydrogen-bond acceptors (Lipinski definition) is 6. The van der Waals surface area contributed by atoms with Gasteiger partial charge in [-0.25, -0.2) is 0 Å². The Kier molecular flexibility index (Phi) is 7.53. The molecule has 0 spiro atoms. The van der Waals surface area contributed by atoms with Crippen LogP contribution < -0.4 is 20.3 Å². The molecule has 32 heavy (non-hydrogen) atoms. The monoisotopic (exact) mass is 432 g/mol. The van der Waals surface area contributed by atoms with E-state index in [-0.39, 0.29) is 26.3 Å². The highest BCUT2D eigenvalue weighted by atomic mass is 16.5. The lowest BCUT2D eigenvalue weighted by molar-refractivity contribution is 0.0884. The van der Waals surface area contributed by atoms with Crippen molar-refractivity contribution in [2.45, 2.75) is 12.2 Å². The van der Waals surface area contributed by atoms with Gasteiger partial charge in [-0.1, -0.05) is 60.7 Å². The average Bonchev–Trinajstić information content (AvgIpc) is 2.84. The maximum absolute atomic E-state index is 10.1. The van der Waals surface area contributed by atoms with Crippen molar-refractivity contribution in [3.05, 3.63) is 84.9 Å². The van der Waals surface area contributed by atoms with Crippen molar-refractivity contribution >= 4 is 21.5 Å². The molecule has 0 saturated heterocycles. The summed E-state index contributed by atoms with van der Waals surface area (Å²) in [6.45, 7) is 0.902. The summed E-state index contributed by atoms with van der Waals surface area (Å²) < 4.78 is 11.4. The summed E-state index contributed by atoms with van der Waals surface area (Å²) in [7, 11) is 0. The lowest BCUT2D eigenvalue weighted by atomic mass is 10.1. The second-order valence-corrected chi connectivity index (χ2v) is 7.71. The molecule has 0 saturated carbocycles. The molecular formula is C26H28N2O4. The normalized spacial score (nSPS) is 13.2. The maximum atomic E-state index is 10.1. The van der Waals surface area contributed by atoms with Crippen molar-refractivity contribution < 1.29 is 19.7 Å². The fourth-order valence-electron chi connectivity index (χ4n) is 3.40. The highest BCUT2D eigenvalue weighted by Gasteiger charge is 2.08. The summed E-state index contributed by atoms with van der Waals surface area (Å²) in [6, 6.07) is 27.8. The molecule has 0 bridgehead atoms. The zero-order valence-corrected chi connectivity index (χ0v) is 17.8. The van der Waals surface area contributed by atoms with Gasteiger partial charge >= 0.3 is 0 Å². The van der Waals surface area contributed by atoms with E-state index >= 15 is 0 Å². The van der Waals surface area contributed by atoms with Crippen LogP contribution in [0.2, 0.25) is 0 Å². The van der Waals surface area contributed by atoms with Crippen LogP contribution in [-0.2, 0) is 0 Å². The second-order valence-electron chi connectivity index (χ2n) is 7.71. The number of hydrazine groups is 1. The van der Waals surface area contributed by atoms with Gasteiger partial charge < -0.3 is 19.7 Å². The second kappa shape index (κ2) is 10.9. The van der Waals surface area contributed by atoms with Gasteiger partial charge in [0, 0.05) is 13.1 Å². The van der Waals surface area contributed by atoms with Crippen LogP contribution >= 0.6 is 0 Å². The van der Waals surface area contributed by atoms with Crippen LogP contribution in [-0.4, -0.2) is 48.7 Å². The van der Waals surface area contributed by atoms with Gasteiger partial charge in [-0.2, -0.15) is 0 Å². The van der Waals surface area contributed by atoms with Gasteiger partial charge in [-0.3, -0.25) is 10.9 Å². The molecule has 2 unspecified atom stereocenters. The smallest absolute Gasteiger partial charge is 0.120 e. The Morgan fingerprint density at radius 3 is 1.41 bits per heavy atom. The highest BCUT2D eigenvalue weighted by molar-refractivity contribution is 5.84. The van der Waals surface area contributed by atoms with Crippen LogP contribution in [0.15, 0.2) is 84.9 Å². The van der Waals surface area contributed by atoms with Gasteiger partial charge in [-0.05, 0) is 45.8 Å². The first kappa shape index (κ1) is 22.0.